The van der Waals surface area contributed by atoms with Crippen LogP contribution >= 0.6 is 11.3 Å². The third kappa shape index (κ3) is 5.00. The van der Waals surface area contributed by atoms with Crippen LogP contribution in [0, 0.1) is 0 Å². The highest BCUT2D eigenvalue weighted by atomic mass is 32.1. The number of hydrogen-bond donors (Lipinski definition) is 0. The van der Waals surface area contributed by atoms with Crippen molar-refractivity contribution in [1.29, 1.82) is 0 Å². The number of carbonyl (C=O) groups excluding carboxylic acids is 1. The molecule has 0 N–H and O–H groups in total. The molecular formula is C25H27N3O3S. The van der Waals surface area contributed by atoms with Crippen LogP contribution < -0.4 is 9.47 Å². The van der Waals surface area contributed by atoms with E-state index in [2.05, 4.69) is 11.9 Å². The summed E-state index contributed by atoms with van der Waals surface area (Å²) in [5, 5.41) is 0.795. The second-order valence-electron chi connectivity index (χ2n) is 7.65. The van der Waals surface area contributed by atoms with Gasteiger partial charge in [-0.15, -0.1) is 11.3 Å². The van der Waals surface area contributed by atoms with E-state index in [9.17, 15) is 4.79 Å². The molecule has 0 bridgehead atoms. The van der Waals surface area contributed by atoms with E-state index in [1.165, 1.54) is 0 Å². The second-order valence-corrected chi connectivity index (χ2v) is 8.68. The van der Waals surface area contributed by atoms with Crippen molar-refractivity contribution < 1.29 is 14.3 Å². The first-order valence-electron chi connectivity index (χ1n) is 10.5. The van der Waals surface area contributed by atoms with Gasteiger partial charge in [0.25, 0.3) is 0 Å². The summed E-state index contributed by atoms with van der Waals surface area (Å²) in [6.07, 6.45) is 3.46. The number of hydrogen-bond acceptors (Lipinski definition) is 6. The van der Waals surface area contributed by atoms with Gasteiger partial charge in [0.05, 0.1) is 24.8 Å². The second kappa shape index (κ2) is 9.97. The number of rotatable bonds is 6. The van der Waals surface area contributed by atoms with Crippen LogP contribution in [0.3, 0.4) is 0 Å². The number of aromatic nitrogens is 1. The van der Waals surface area contributed by atoms with Crippen LogP contribution in [0.25, 0.3) is 27.8 Å². The molecule has 0 saturated carbocycles. The molecule has 1 amide bonds. The van der Waals surface area contributed by atoms with Crippen molar-refractivity contribution in [3.63, 3.8) is 0 Å². The summed E-state index contributed by atoms with van der Waals surface area (Å²) in [6.45, 7) is 3.32. The predicted octanol–water partition coefficient (Wildman–Crippen LogP) is 4.28. The Bertz CT molecular complexity index is 1020. The first-order chi connectivity index (χ1) is 15.6. The first-order valence-corrected chi connectivity index (χ1v) is 11.3. The van der Waals surface area contributed by atoms with Crippen LogP contribution in [0.1, 0.15) is 5.01 Å². The minimum absolute atomic E-state index is 0.0327. The molecule has 2 aromatic carbocycles. The fourth-order valence-corrected chi connectivity index (χ4v) is 4.56. The fourth-order valence-electron chi connectivity index (χ4n) is 3.57. The number of piperazine rings is 1. The molecule has 6 nitrogen and oxygen atoms in total. The number of thiazole rings is 1. The maximum atomic E-state index is 12.6. The highest BCUT2D eigenvalue weighted by Crippen LogP contribution is 2.38. The molecule has 4 rings (SSSR count). The van der Waals surface area contributed by atoms with Crippen LogP contribution in [-0.2, 0) is 4.79 Å². The molecule has 1 aliphatic heterocycles. The molecule has 1 fully saturated rings. The summed E-state index contributed by atoms with van der Waals surface area (Å²) in [5.74, 6) is 1.64. The molecule has 7 heteroatoms. The average molecular weight is 450 g/mol. The van der Waals surface area contributed by atoms with Crippen LogP contribution in [0.5, 0.6) is 11.5 Å². The predicted molar refractivity (Wildman–Crippen MR) is 129 cm³/mol. The Balaban J connectivity index is 1.64. The largest absolute Gasteiger partial charge is 0.497 e. The third-order valence-electron chi connectivity index (χ3n) is 5.54. The Hall–Kier alpha value is -3.16. The molecule has 1 saturated heterocycles. The van der Waals surface area contributed by atoms with E-state index in [4.69, 9.17) is 14.5 Å². The van der Waals surface area contributed by atoms with Crippen molar-refractivity contribution in [1.82, 2.24) is 14.8 Å². The molecule has 32 heavy (non-hydrogen) atoms. The smallest absolute Gasteiger partial charge is 0.246 e. The molecular weight excluding hydrogens is 422 g/mol. The van der Waals surface area contributed by atoms with E-state index in [0.29, 0.717) is 0 Å². The molecule has 1 aromatic heterocycles. The minimum Gasteiger partial charge on any atom is -0.497 e. The van der Waals surface area contributed by atoms with E-state index in [1.54, 1.807) is 31.6 Å². The summed E-state index contributed by atoms with van der Waals surface area (Å²) < 4.78 is 10.6. The van der Waals surface area contributed by atoms with Gasteiger partial charge in [0, 0.05) is 37.8 Å². The van der Waals surface area contributed by atoms with Crippen molar-refractivity contribution >= 4 is 23.3 Å². The molecule has 0 aliphatic carbocycles. The number of carbonyl (C=O) groups is 1. The van der Waals surface area contributed by atoms with Gasteiger partial charge in [0.2, 0.25) is 5.91 Å². The summed E-state index contributed by atoms with van der Waals surface area (Å²) in [6, 6.07) is 15.8. The van der Waals surface area contributed by atoms with Gasteiger partial charge in [0.15, 0.2) is 0 Å². The van der Waals surface area contributed by atoms with Gasteiger partial charge in [-0.1, -0.05) is 0 Å². The Morgan fingerprint density at radius 2 is 1.47 bits per heavy atom. The Morgan fingerprint density at radius 3 is 2.03 bits per heavy atom. The lowest BCUT2D eigenvalue weighted by Crippen LogP contribution is -2.46. The Labute approximate surface area is 192 Å². The van der Waals surface area contributed by atoms with Crippen LogP contribution in [0.15, 0.2) is 54.6 Å². The molecule has 2 heterocycles. The summed E-state index contributed by atoms with van der Waals surface area (Å²) in [7, 11) is 5.39. The number of ether oxygens (including phenoxy) is 2. The molecule has 0 atom stereocenters. The summed E-state index contributed by atoms with van der Waals surface area (Å²) >= 11 is 1.57. The first kappa shape index (κ1) is 22.0. The molecule has 3 aromatic rings. The van der Waals surface area contributed by atoms with Crippen molar-refractivity contribution in [3.05, 3.63) is 59.6 Å². The lowest BCUT2D eigenvalue weighted by molar-refractivity contribution is -0.127. The summed E-state index contributed by atoms with van der Waals surface area (Å²) in [4.78, 5) is 22.7. The average Bonchev–Trinajstić information content (AvgIpc) is 3.27. The van der Waals surface area contributed by atoms with Gasteiger partial charge in [-0.3, -0.25) is 4.79 Å². The number of likely N-dealkylation sites (N-methyl/N-ethyl adjacent to an activating group) is 1. The van der Waals surface area contributed by atoms with E-state index in [-0.39, 0.29) is 5.91 Å². The van der Waals surface area contributed by atoms with Crippen LogP contribution in [0.4, 0.5) is 0 Å². The fraction of sp³-hybridized carbons (Fsp3) is 0.280. The monoisotopic (exact) mass is 449 g/mol. The normalized spacial score (nSPS) is 14.7. The minimum atomic E-state index is 0.0327. The molecule has 1 aliphatic rings. The maximum Gasteiger partial charge on any atom is 0.246 e. The van der Waals surface area contributed by atoms with E-state index < -0.39 is 0 Å². The standard InChI is InChI=1S/C25H27N3O3S/c1-27-14-16-28(17-15-27)23(29)13-12-22-26-24(18-4-8-20(30-2)9-5-18)25(32-22)19-6-10-21(31-3)11-7-19/h4-13H,14-17H2,1-3H3/b13-12+. The van der Waals surface area contributed by atoms with Gasteiger partial charge in [0.1, 0.15) is 16.5 Å². The topological polar surface area (TPSA) is 54.9 Å². The van der Waals surface area contributed by atoms with Gasteiger partial charge in [-0.25, -0.2) is 4.98 Å². The van der Waals surface area contributed by atoms with E-state index in [0.717, 1.165) is 64.4 Å². The Kier molecular flexibility index (Phi) is 6.87. The molecule has 0 radical (unpaired) electrons. The van der Waals surface area contributed by atoms with Crippen molar-refractivity contribution in [2.75, 3.05) is 47.4 Å². The lowest BCUT2D eigenvalue weighted by Gasteiger charge is -2.31. The number of benzene rings is 2. The van der Waals surface area contributed by atoms with Gasteiger partial charge < -0.3 is 19.3 Å². The lowest BCUT2D eigenvalue weighted by atomic mass is 10.1. The van der Waals surface area contributed by atoms with Crippen LogP contribution in [-0.4, -0.2) is 68.1 Å². The van der Waals surface area contributed by atoms with Crippen LogP contribution in [0.2, 0.25) is 0 Å². The van der Waals surface area contributed by atoms with Crippen molar-refractivity contribution in [3.8, 4) is 33.2 Å². The Morgan fingerprint density at radius 1 is 0.906 bits per heavy atom. The van der Waals surface area contributed by atoms with E-state index in [1.807, 2.05) is 59.5 Å². The quantitative estimate of drug-likeness (QED) is 0.526. The van der Waals surface area contributed by atoms with Crippen molar-refractivity contribution in [2.24, 2.45) is 0 Å². The SMILES string of the molecule is COc1ccc(-c2nc(/C=C/C(=O)N3CCN(C)CC3)sc2-c2ccc(OC)cc2)cc1. The van der Waals surface area contributed by atoms with Crippen molar-refractivity contribution in [2.45, 2.75) is 0 Å². The van der Waals surface area contributed by atoms with E-state index >= 15 is 0 Å². The molecule has 166 valence electrons. The maximum absolute atomic E-state index is 12.6. The number of methoxy groups -OCH3 is 2. The zero-order valence-electron chi connectivity index (χ0n) is 18.6. The number of amides is 1. The zero-order chi connectivity index (χ0) is 22.5. The highest BCUT2D eigenvalue weighted by molar-refractivity contribution is 7.16. The molecule has 0 spiro atoms. The van der Waals surface area contributed by atoms with Gasteiger partial charge in [-0.05, 0) is 67.2 Å². The van der Waals surface area contributed by atoms with Gasteiger partial charge >= 0.3 is 0 Å². The highest BCUT2D eigenvalue weighted by Gasteiger charge is 2.18. The van der Waals surface area contributed by atoms with Gasteiger partial charge in [-0.2, -0.15) is 0 Å². The third-order valence-corrected chi connectivity index (χ3v) is 6.61. The summed E-state index contributed by atoms with van der Waals surface area (Å²) in [5.41, 5.74) is 2.94. The number of nitrogens with zero attached hydrogens (tertiary/aromatic N) is 3. The zero-order valence-corrected chi connectivity index (χ0v) is 19.4. The molecule has 0 unspecified atom stereocenters.